The van der Waals surface area contributed by atoms with Crippen LogP contribution in [0.3, 0.4) is 0 Å². The van der Waals surface area contributed by atoms with Gasteiger partial charge in [-0.15, -0.1) is 0 Å². The van der Waals surface area contributed by atoms with Crippen molar-refractivity contribution in [2.24, 2.45) is 5.73 Å². The quantitative estimate of drug-likeness (QED) is 0.300. The fourth-order valence-corrected chi connectivity index (χ4v) is 2.07. The van der Waals surface area contributed by atoms with Crippen molar-refractivity contribution in [3.63, 3.8) is 0 Å². The lowest BCUT2D eigenvalue weighted by Crippen LogP contribution is -2.37. The molecule has 0 aromatic carbocycles. The van der Waals surface area contributed by atoms with E-state index in [-0.39, 0.29) is 12.1 Å². The number of nitrogens with zero attached hydrogens (tertiary/aromatic N) is 1. The van der Waals surface area contributed by atoms with Crippen molar-refractivity contribution >= 4 is 5.97 Å². The molecule has 0 amide bonds. The average molecular weight is 239 g/mol. The van der Waals surface area contributed by atoms with E-state index in [1.165, 1.54) is 0 Å². The number of nitrogens with two attached hydrogens (primary N) is 1. The Kier molecular flexibility index (Phi) is 6.41. The van der Waals surface area contributed by atoms with Crippen LogP contribution in [-0.4, -0.2) is 24.7 Å². The van der Waals surface area contributed by atoms with E-state index in [0.717, 1.165) is 38.5 Å². The normalized spacial score (nSPS) is 17.4. The predicted octanol–water partition coefficient (Wildman–Crippen LogP) is 1.04. The van der Waals surface area contributed by atoms with Crippen molar-refractivity contribution in [3.05, 3.63) is 0 Å². The van der Waals surface area contributed by atoms with Crippen molar-refractivity contribution in [2.45, 2.75) is 57.1 Å². The third-order valence-corrected chi connectivity index (χ3v) is 3.06. The fraction of sp³-hybridized carbons (Fsp3) is 0.833. The lowest BCUT2D eigenvalue weighted by molar-refractivity contribution is -0.151. The summed E-state index contributed by atoms with van der Waals surface area (Å²) in [7, 11) is 0. The van der Waals surface area contributed by atoms with Crippen LogP contribution < -0.4 is 11.1 Å². The standard InChI is InChI=1S/C12H21N3O2/c13-8-4-3-7-11(15-9-14)12(16)17-10-5-1-2-6-10/h10-11,15H,1-8,13H2. The lowest BCUT2D eigenvalue weighted by Gasteiger charge is -2.17. The van der Waals surface area contributed by atoms with E-state index in [2.05, 4.69) is 5.32 Å². The van der Waals surface area contributed by atoms with Crippen LogP contribution in [0.15, 0.2) is 0 Å². The molecule has 1 aliphatic carbocycles. The van der Waals surface area contributed by atoms with Crippen LogP contribution >= 0.6 is 0 Å². The molecular weight excluding hydrogens is 218 g/mol. The summed E-state index contributed by atoms with van der Waals surface area (Å²) in [5.74, 6) is -0.296. The topological polar surface area (TPSA) is 88.1 Å². The van der Waals surface area contributed by atoms with Gasteiger partial charge in [0.15, 0.2) is 6.19 Å². The molecule has 0 spiro atoms. The molecule has 0 radical (unpaired) electrons. The molecule has 0 aromatic rings. The van der Waals surface area contributed by atoms with E-state index >= 15 is 0 Å². The number of carbonyl (C=O) groups excluding carboxylic acids is 1. The molecular formula is C12H21N3O2. The van der Waals surface area contributed by atoms with Crippen molar-refractivity contribution in [3.8, 4) is 6.19 Å². The molecule has 3 N–H and O–H groups in total. The molecule has 1 saturated carbocycles. The summed E-state index contributed by atoms with van der Waals surface area (Å²) in [6, 6.07) is -0.507. The third-order valence-electron chi connectivity index (χ3n) is 3.06. The molecule has 5 heteroatoms. The summed E-state index contributed by atoms with van der Waals surface area (Å²) in [4.78, 5) is 11.8. The Hall–Kier alpha value is -1.28. The van der Waals surface area contributed by atoms with Crippen LogP contribution in [-0.2, 0) is 9.53 Å². The zero-order chi connectivity index (χ0) is 12.5. The van der Waals surface area contributed by atoms with E-state index in [9.17, 15) is 4.79 Å². The molecule has 1 aliphatic rings. The van der Waals surface area contributed by atoms with Crippen LogP contribution in [0.1, 0.15) is 44.9 Å². The molecule has 0 saturated heterocycles. The van der Waals surface area contributed by atoms with Gasteiger partial charge >= 0.3 is 5.97 Å². The van der Waals surface area contributed by atoms with Gasteiger partial charge in [0, 0.05) is 0 Å². The van der Waals surface area contributed by atoms with Gasteiger partial charge in [0.1, 0.15) is 12.1 Å². The van der Waals surface area contributed by atoms with Gasteiger partial charge in [0.05, 0.1) is 0 Å². The molecule has 0 heterocycles. The highest BCUT2D eigenvalue weighted by Gasteiger charge is 2.24. The molecule has 0 aliphatic heterocycles. The van der Waals surface area contributed by atoms with Crippen LogP contribution in [0, 0.1) is 11.5 Å². The van der Waals surface area contributed by atoms with Gasteiger partial charge in [-0.3, -0.25) is 0 Å². The van der Waals surface area contributed by atoms with Gasteiger partial charge in [-0.25, -0.2) is 4.79 Å². The lowest BCUT2D eigenvalue weighted by atomic mass is 10.1. The highest BCUT2D eigenvalue weighted by molar-refractivity contribution is 5.76. The molecule has 1 rings (SSSR count). The molecule has 5 nitrogen and oxygen atoms in total. The fourth-order valence-electron chi connectivity index (χ4n) is 2.07. The molecule has 17 heavy (non-hydrogen) atoms. The first-order chi connectivity index (χ1) is 8.27. The zero-order valence-corrected chi connectivity index (χ0v) is 10.2. The number of carbonyl (C=O) groups is 1. The second-order valence-corrected chi connectivity index (χ2v) is 4.44. The van der Waals surface area contributed by atoms with Gasteiger partial charge in [0.2, 0.25) is 0 Å². The van der Waals surface area contributed by atoms with Crippen LogP contribution in [0.5, 0.6) is 0 Å². The van der Waals surface area contributed by atoms with Gasteiger partial charge in [-0.05, 0) is 51.5 Å². The summed E-state index contributed by atoms with van der Waals surface area (Å²) in [6.07, 6.45) is 8.33. The Morgan fingerprint density at radius 1 is 1.47 bits per heavy atom. The van der Waals surface area contributed by atoms with E-state index in [0.29, 0.717) is 13.0 Å². The summed E-state index contributed by atoms with van der Waals surface area (Å²) in [5.41, 5.74) is 5.40. The van der Waals surface area contributed by atoms with E-state index in [1.807, 2.05) is 6.19 Å². The number of unbranched alkanes of at least 4 members (excludes halogenated alkanes) is 1. The van der Waals surface area contributed by atoms with E-state index in [1.54, 1.807) is 0 Å². The number of rotatable bonds is 7. The first-order valence-corrected chi connectivity index (χ1v) is 6.33. The Morgan fingerprint density at radius 3 is 2.76 bits per heavy atom. The molecule has 1 fully saturated rings. The first-order valence-electron chi connectivity index (χ1n) is 6.33. The largest absolute Gasteiger partial charge is 0.461 e. The molecule has 1 atom stereocenters. The molecule has 1 unspecified atom stereocenters. The first kappa shape index (κ1) is 13.8. The van der Waals surface area contributed by atoms with Gasteiger partial charge in [-0.2, -0.15) is 5.26 Å². The number of ether oxygens (including phenoxy) is 1. The second-order valence-electron chi connectivity index (χ2n) is 4.44. The predicted molar refractivity (Wildman–Crippen MR) is 63.8 cm³/mol. The summed E-state index contributed by atoms with van der Waals surface area (Å²) >= 11 is 0. The number of hydrogen-bond acceptors (Lipinski definition) is 5. The maximum absolute atomic E-state index is 11.8. The van der Waals surface area contributed by atoms with Crippen molar-refractivity contribution in [1.82, 2.24) is 5.32 Å². The van der Waals surface area contributed by atoms with Crippen LogP contribution in [0.2, 0.25) is 0 Å². The Morgan fingerprint density at radius 2 is 2.18 bits per heavy atom. The molecule has 0 aromatic heterocycles. The minimum absolute atomic E-state index is 0.0556. The van der Waals surface area contributed by atoms with Crippen molar-refractivity contribution in [1.29, 1.82) is 5.26 Å². The maximum atomic E-state index is 11.8. The van der Waals surface area contributed by atoms with Crippen LogP contribution in [0.4, 0.5) is 0 Å². The minimum Gasteiger partial charge on any atom is -0.461 e. The van der Waals surface area contributed by atoms with Gasteiger partial charge in [0.25, 0.3) is 0 Å². The number of esters is 1. The number of hydrogen-bond donors (Lipinski definition) is 2. The number of nitriles is 1. The van der Waals surface area contributed by atoms with Crippen molar-refractivity contribution in [2.75, 3.05) is 6.54 Å². The minimum atomic E-state index is -0.507. The van der Waals surface area contributed by atoms with Gasteiger partial charge in [-0.1, -0.05) is 0 Å². The summed E-state index contributed by atoms with van der Waals surface area (Å²) in [6.45, 7) is 0.608. The molecule has 96 valence electrons. The molecule has 0 bridgehead atoms. The Labute approximate surface area is 102 Å². The van der Waals surface area contributed by atoms with E-state index < -0.39 is 6.04 Å². The van der Waals surface area contributed by atoms with Crippen molar-refractivity contribution < 1.29 is 9.53 Å². The highest BCUT2D eigenvalue weighted by atomic mass is 16.5. The Balaban J connectivity index is 2.33. The SMILES string of the molecule is N#CNC(CCCCN)C(=O)OC1CCCC1. The average Bonchev–Trinajstić information content (AvgIpc) is 2.81. The highest BCUT2D eigenvalue weighted by Crippen LogP contribution is 2.21. The Bertz CT molecular complexity index is 269. The zero-order valence-electron chi connectivity index (χ0n) is 10.2. The third kappa shape index (κ3) is 5.05. The van der Waals surface area contributed by atoms with Gasteiger partial charge < -0.3 is 15.8 Å². The maximum Gasteiger partial charge on any atom is 0.329 e. The smallest absolute Gasteiger partial charge is 0.329 e. The summed E-state index contributed by atoms with van der Waals surface area (Å²) < 4.78 is 5.37. The number of nitrogens with one attached hydrogen (secondary N) is 1. The van der Waals surface area contributed by atoms with E-state index in [4.69, 9.17) is 15.7 Å². The monoisotopic (exact) mass is 239 g/mol. The summed E-state index contributed by atoms with van der Waals surface area (Å²) in [5, 5.41) is 11.1. The van der Waals surface area contributed by atoms with Crippen LogP contribution in [0.25, 0.3) is 0 Å². The second kappa shape index (κ2) is 7.91.